The molecule has 2 unspecified atom stereocenters. The van der Waals surface area contributed by atoms with Crippen molar-refractivity contribution in [3.8, 4) is 0 Å². The molecule has 1 heterocycles. The van der Waals surface area contributed by atoms with E-state index in [1.54, 1.807) is 0 Å². The van der Waals surface area contributed by atoms with E-state index in [9.17, 15) is 5.11 Å². The Morgan fingerprint density at radius 2 is 1.86 bits per heavy atom. The van der Waals surface area contributed by atoms with Gasteiger partial charge in [-0.25, -0.2) is 0 Å². The lowest BCUT2D eigenvalue weighted by atomic mass is 9.70. The van der Waals surface area contributed by atoms with Crippen LogP contribution in [0.2, 0.25) is 0 Å². The fraction of sp³-hybridized carbons (Fsp3) is 0.684. The Kier molecular flexibility index (Phi) is 4.11. The molecule has 0 amide bonds. The second-order valence-electron chi connectivity index (χ2n) is 7.52. The van der Waals surface area contributed by atoms with Crippen molar-refractivity contribution < 1.29 is 9.84 Å². The minimum absolute atomic E-state index is 0.0800. The van der Waals surface area contributed by atoms with E-state index >= 15 is 0 Å². The first-order valence-electron chi connectivity index (χ1n) is 8.41. The van der Waals surface area contributed by atoms with Gasteiger partial charge in [0.2, 0.25) is 0 Å². The van der Waals surface area contributed by atoms with Gasteiger partial charge in [0.15, 0.2) is 0 Å². The molecule has 0 aromatic heterocycles. The third kappa shape index (κ3) is 2.89. The summed E-state index contributed by atoms with van der Waals surface area (Å²) in [6, 6.07) is 10.4. The average Bonchev–Trinajstić information content (AvgIpc) is 2.95. The van der Waals surface area contributed by atoms with Crippen molar-refractivity contribution in [2.45, 2.75) is 69.5 Å². The first kappa shape index (κ1) is 15.1. The summed E-state index contributed by atoms with van der Waals surface area (Å²) in [6.45, 7) is 5.15. The summed E-state index contributed by atoms with van der Waals surface area (Å²) in [5, 5.41) is 11.0. The van der Waals surface area contributed by atoms with Crippen LogP contribution in [-0.2, 0) is 10.2 Å². The van der Waals surface area contributed by atoms with Gasteiger partial charge in [0.1, 0.15) is 0 Å². The Morgan fingerprint density at radius 1 is 1.19 bits per heavy atom. The first-order valence-corrected chi connectivity index (χ1v) is 8.41. The topological polar surface area (TPSA) is 29.5 Å². The zero-order valence-corrected chi connectivity index (χ0v) is 13.3. The molecule has 1 aliphatic heterocycles. The largest absolute Gasteiger partial charge is 0.392 e. The summed E-state index contributed by atoms with van der Waals surface area (Å²) in [5.41, 5.74) is 1.10. The van der Waals surface area contributed by atoms with E-state index in [-0.39, 0.29) is 17.1 Å². The standard InChI is InChI=1S/C19H28O2/c1-18(2,16-8-4-3-5-9-16)17(20)15-10-13-21-19(14-15)11-6-7-12-19/h3-5,8-9,15,17,20H,6-7,10-14H2,1-2H3. The highest BCUT2D eigenvalue weighted by Gasteiger charge is 2.45. The van der Waals surface area contributed by atoms with Crippen LogP contribution in [0, 0.1) is 5.92 Å². The van der Waals surface area contributed by atoms with Crippen molar-refractivity contribution in [2.24, 2.45) is 5.92 Å². The molecule has 1 N–H and O–H groups in total. The van der Waals surface area contributed by atoms with E-state index in [4.69, 9.17) is 4.74 Å². The van der Waals surface area contributed by atoms with Crippen molar-refractivity contribution in [1.82, 2.24) is 0 Å². The zero-order chi connectivity index (χ0) is 14.9. The number of hydrogen-bond donors (Lipinski definition) is 1. The van der Waals surface area contributed by atoms with Crippen LogP contribution in [0.15, 0.2) is 30.3 Å². The Hall–Kier alpha value is -0.860. The summed E-state index contributed by atoms with van der Waals surface area (Å²) < 4.78 is 6.11. The highest BCUT2D eigenvalue weighted by atomic mass is 16.5. The van der Waals surface area contributed by atoms with Gasteiger partial charge in [-0.3, -0.25) is 0 Å². The van der Waals surface area contributed by atoms with Crippen LogP contribution in [0.4, 0.5) is 0 Å². The van der Waals surface area contributed by atoms with E-state index in [0.717, 1.165) is 19.4 Å². The quantitative estimate of drug-likeness (QED) is 0.908. The maximum Gasteiger partial charge on any atom is 0.0686 e. The lowest BCUT2D eigenvalue weighted by Crippen LogP contribution is -2.47. The molecule has 116 valence electrons. The van der Waals surface area contributed by atoms with Gasteiger partial charge in [0, 0.05) is 12.0 Å². The lowest BCUT2D eigenvalue weighted by Gasteiger charge is -2.44. The molecule has 2 nitrogen and oxygen atoms in total. The van der Waals surface area contributed by atoms with Crippen LogP contribution in [0.3, 0.4) is 0 Å². The fourth-order valence-electron chi connectivity index (χ4n) is 4.33. The maximum atomic E-state index is 11.0. The molecule has 3 rings (SSSR count). The van der Waals surface area contributed by atoms with Crippen molar-refractivity contribution >= 4 is 0 Å². The highest BCUT2D eigenvalue weighted by molar-refractivity contribution is 5.25. The van der Waals surface area contributed by atoms with Crippen molar-refractivity contribution in [3.63, 3.8) is 0 Å². The van der Waals surface area contributed by atoms with Crippen LogP contribution < -0.4 is 0 Å². The molecule has 21 heavy (non-hydrogen) atoms. The van der Waals surface area contributed by atoms with Gasteiger partial charge in [0.25, 0.3) is 0 Å². The second-order valence-corrected chi connectivity index (χ2v) is 7.52. The molecule has 1 saturated carbocycles. The number of ether oxygens (including phenoxy) is 1. The predicted octanol–water partition coefficient (Wildman–Crippen LogP) is 4.06. The molecule has 1 saturated heterocycles. The molecule has 1 aromatic rings. The van der Waals surface area contributed by atoms with E-state index in [1.165, 1.54) is 31.2 Å². The van der Waals surface area contributed by atoms with Gasteiger partial charge in [-0.15, -0.1) is 0 Å². The third-order valence-corrected chi connectivity index (χ3v) is 5.75. The van der Waals surface area contributed by atoms with Gasteiger partial charge in [-0.2, -0.15) is 0 Å². The Balaban J connectivity index is 1.76. The van der Waals surface area contributed by atoms with Crippen LogP contribution in [0.25, 0.3) is 0 Å². The molecule has 2 fully saturated rings. The Morgan fingerprint density at radius 3 is 2.52 bits per heavy atom. The van der Waals surface area contributed by atoms with Gasteiger partial charge in [-0.05, 0) is 37.2 Å². The summed E-state index contributed by atoms with van der Waals surface area (Å²) in [4.78, 5) is 0. The van der Waals surface area contributed by atoms with Gasteiger partial charge in [-0.1, -0.05) is 57.0 Å². The molecular formula is C19H28O2. The predicted molar refractivity (Wildman–Crippen MR) is 85.3 cm³/mol. The fourth-order valence-corrected chi connectivity index (χ4v) is 4.33. The summed E-state index contributed by atoms with van der Waals surface area (Å²) >= 11 is 0. The van der Waals surface area contributed by atoms with E-state index in [0.29, 0.717) is 5.92 Å². The number of hydrogen-bond acceptors (Lipinski definition) is 2. The normalized spacial score (nSPS) is 26.9. The molecular weight excluding hydrogens is 260 g/mol. The number of benzene rings is 1. The monoisotopic (exact) mass is 288 g/mol. The zero-order valence-electron chi connectivity index (χ0n) is 13.3. The molecule has 1 spiro atoms. The van der Waals surface area contributed by atoms with E-state index < -0.39 is 0 Å². The molecule has 0 bridgehead atoms. The summed E-state index contributed by atoms with van der Waals surface area (Å²) in [6.07, 6.45) is 6.64. The highest BCUT2D eigenvalue weighted by Crippen LogP contribution is 2.45. The second kappa shape index (κ2) is 5.73. The van der Waals surface area contributed by atoms with Crippen molar-refractivity contribution in [2.75, 3.05) is 6.61 Å². The minimum atomic E-state index is -0.304. The molecule has 2 atom stereocenters. The smallest absolute Gasteiger partial charge is 0.0686 e. The number of rotatable bonds is 3. The van der Waals surface area contributed by atoms with Gasteiger partial charge < -0.3 is 9.84 Å². The number of aliphatic hydroxyl groups excluding tert-OH is 1. The van der Waals surface area contributed by atoms with E-state index in [2.05, 4.69) is 38.1 Å². The van der Waals surface area contributed by atoms with Gasteiger partial charge >= 0.3 is 0 Å². The van der Waals surface area contributed by atoms with Crippen LogP contribution >= 0.6 is 0 Å². The number of aliphatic hydroxyl groups is 1. The van der Waals surface area contributed by atoms with Crippen molar-refractivity contribution in [1.29, 1.82) is 0 Å². The Labute approximate surface area is 128 Å². The molecule has 1 aliphatic carbocycles. The minimum Gasteiger partial charge on any atom is -0.392 e. The van der Waals surface area contributed by atoms with Crippen LogP contribution in [-0.4, -0.2) is 23.4 Å². The summed E-state index contributed by atoms with van der Waals surface area (Å²) in [7, 11) is 0. The summed E-state index contributed by atoms with van der Waals surface area (Å²) in [5.74, 6) is 0.354. The average molecular weight is 288 g/mol. The lowest BCUT2D eigenvalue weighted by molar-refractivity contribution is -0.121. The van der Waals surface area contributed by atoms with Crippen LogP contribution in [0.5, 0.6) is 0 Å². The molecule has 2 heteroatoms. The van der Waals surface area contributed by atoms with Gasteiger partial charge in [0.05, 0.1) is 11.7 Å². The maximum absolute atomic E-state index is 11.0. The van der Waals surface area contributed by atoms with Crippen LogP contribution in [0.1, 0.15) is 57.9 Å². The SMILES string of the molecule is CC(C)(c1ccccc1)C(O)C1CCOC2(CCCC2)C1. The Bertz CT molecular complexity index is 460. The third-order valence-electron chi connectivity index (χ3n) is 5.75. The van der Waals surface area contributed by atoms with E-state index in [1.807, 2.05) is 6.07 Å². The van der Waals surface area contributed by atoms with Crippen molar-refractivity contribution in [3.05, 3.63) is 35.9 Å². The first-order chi connectivity index (χ1) is 10.0. The molecule has 1 aromatic carbocycles. The molecule has 2 aliphatic rings. The molecule has 0 radical (unpaired) electrons.